The minimum Gasteiger partial charge on any atom is -0.496 e. The average Bonchev–Trinajstić information content (AvgIpc) is 3.50. The van der Waals surface area contributed by atoms with Crippen molar-refractivity contribution in [2.24, 2.45) is 26.8 Å². The Morgan fingerprint density at radius 2 is 1.79 bits per heavy atom. The number of aliphatic imine (C=N–C) groups is 3. The van der Waals surface area contributed by atoms with Gasteiger partial charge >= 0.3 is 0 Å². The van der Waals surface area contributed by atoms with E-state index in [0.29, 0.717) is 28.3 Å². The number of allylic oxidation sites excluding steroid dienone is 1. The lowest BCUT2D eigenvalue weighted by molar-refractivity contribution is 0.415. The van der Waals surface area contributed by atoms with Crippen molar-refractivity contribution in [3.05, 3.63) is 53.5 Å². The standard InChI is InChI=1S/C25H24FN3O3S/c1-32-22-12-17(33(2,30)31)8-9-18(22)19-11-16(7-10-21(19)26)23-25-24(28-14-29-25)20(13-27-23)15-5-3-4-6-15/h7-15,20H,3-6H2,1-2H3. The van der Waals surface area contributed by atoms with Crippen LogP contribution in [-0.2, 0) is 9.84 Å². The highest BCUT2D eigenvalue weighted by Crippen LogP contribution is 2.40. The van der Waals surface area contributed by atoms with Gasteiger partial charge in [-0.2, -0.15) is 0 Å². The molecule has 0 spiro atoms. The van der Waals surface area contributed by atoms with Crippen molar-refractivity contribution in [3.8, 4) is 16.9 Å². The van der Waals surface area contributed by atoms with Crippen LogP contribution >= 0.6 is 0 Å². The van der Waals surface area contributed by atoms with Crippen LogP contribution in [0.2, 0.25) is 0 Å². The molecule has 0 saturated heterocycles. The first kappa shape index (κ1) is 21.7. The highest BCUT2D eigenvalue weighted by molar-refractivity contribution is 7.90. The van der Waals surface area contributed by atoms with Crippen molar-refractivity contribution in [1.82, 2.24) is 0 Å². The first-order valence-electron chi connectivity index (χ1n) is 10.9. The molecule has 1 aliphatic carbocycles. The molecule has 2 heterocycles. The lowest BCUT2D eigenvalue weighted by Gasteiger charge is -2.24. The van der Waals surface area contributed by atoms with Gasteiger partial charge in [0, 0.05) is 35.1 Å². The van der Waals surface area contributed by atoms with Crippen molar-refractivity contribution in [2.75, 3.05) is 13.4 Å². The van der Waals surface area contributed by atoms with Gasteiger partial charge in [-0.15, -0.1) is 0 Å². The van der Waals surface area contributed by atoms with E-state index in [0.717, 1.165) is 17.7 Å². The third kappa shape index (κ3) is 3.93. The number of nitrogens with zero attached hydrogens (tertiary/aromatic N) is 3. The highest BCUT2D eigenvalue weighted by atomic mass is 32.2. The summed E-state index contributed by atoms with van der Waals surface area (Å²) < 4.78 is 44.2. The van der Waals surface area contributed by atoms with Crippen LogP contribution in [0.5, 0.6) is 5.75 Å². The van der Waals surface area contributed by atoms with E-state index in [1.807, 2.05) is 6.21 Å². The Morgan fingerprint density at radius 3 is 2.52 bits per heavy atom. The number of methoxy groups -OCH3 is 1. The molecular formula is C25H24FN3O3S. The SMILES string of the molecule is COc1cc(S(C)(=O)=O)ccc1-c1cc(C2=C3N=CN=C3C(C3CCCC3)C=N2)ccc1F. The summed E-state index contributed by atoms with van der Waals surface area (Å²) in [6.07, 6.45) is 9.46. The third-order valence-corrected chi connectivity index (χ3v) is 7.68. The van der Waals surface area contributed by atoms with Crippen LogP contribution in [0.3, 0.4) is 0 Å². The van der Waals surface area contributed by atoms with Crippen molar-refractivity contribution < 1.29 is 17.5 Å². The molecule has 1 saturated carbocycles. The topological polar surface area (TPSA) is 80.5 Å². The number of hydrogen-bond donors (Lipinski definition) is 0. The summed E-state index contributed by atoms with van der Waals surface area (Å²) in [4.78, 5) is 13.9. The summed E-state index contributed by atoms with van der Waals surface area (Å²) >= 11 is 0. The predicted molar refractivity (Wildman–Crippen MR) is 128 cm³/mol. The molecule has 2 aromatic rings. The number of sulfone groups is 1. The second-order valence-corrected chi connectivity index (χ2v) is 10.6. The maximum atomic E-state index is 14.9. The maximum absolute atomic E-state index is 14.9. The quantitative estimate of drug-likeness (QED) is 0.627. The molecule has 2 aromatic carbocycles. The number of hydrogen-bond acceptors (Lipinski definition) is 6. The second kappa shape index (κ2) is 8.33. The Morgan fingerprint density at radius 1 is 1.00 bits per heavy atom. The molecule has 1 unspecified atom stereocenters. The monoisotopic (exact) mass is 465 g/mol. The van der Waals surface area contributed by atoms with E-state index in [2.05, 4.69) is 9.98 Å². The molecular weight excluding hydrogens is 441 g/mol. The fraction of sp³-hybridized carbons (Fsp3) is 0.320. The lowest BCUT2D eigenvalue weighted by Crippen LogP contribution is -2.26. The zero-order valence-corrected chi connectivity index (χ0v) is 19.3. The number of rotatable bonds is 5. The number of fused-ring (bicyclic) bond motifs is 1. The van der Waals surface area contributed by atoms with Gasteiger partial charge in [0.25, 0.3) is 0 Å². The molecule has 33 heavy (non-hydrogen) atoms. The summed E-state index contributed by atoms with van der Waals surface area (Å²) in [6, 6.07) is 9.20. The maximum Gasteiger partial charge on any atom is 0.175 e. The normalized spacial score (nSPS) is 20.3. The molecule has 3 aliphatic rings. The van der Waals surface area contributed by atoms with Gasteiger partial charge in [0.1, 0.15) is 23.6 Å². The van der Waals surface area contributed by atoms with Crippen molar-refractivity contribution >= 4 is 33.8 Å². The van der Waals surface area contributed by atoms with Crippen molar-refractivity contribution in [1.29, 1.82) is 0 Å². The highest BCUT2D eigenvalue weighted by Gasteiger charge is 2.34. The largest absolute Gasteiger partial charge is 0.496 e. The first-order valence-corrected chi connectivity index (χ1v) is 12.8. The van der Waals surface area contributed by atoms with E-state index in [4.69, 9.17) is 9.73 Å². The molecule has 0 aromatic heterocycles. The molecule has 0 bridgehead atoms. The molecule has 0 N–H and O–H groups in total. The minimum atomic E-state index is -3.42. The van der Waals surface area contributed by atoms with Gasteiger partial charge in [0.2, 0.25) is 0 Å². The lowest BCUT2D eigenvalue weighted by atomic mass is 9.84. The summed E-state index contributed by atoms with van der Waals surface area (Å²) in [5.41, 5.74) is 3.81. The Labute approximate surface area is 192 Å². The van der Waals surface area contributed by atoms with Gasteiger partial charge in [0.15, 0.2) is 9.84 Å². The summed E-state index contributed by atoms with van der Waals surface area (Å²) in [6.45, 7) is 0. The Kier molecular flexibility index (Phi) is 5.48. The fourth-order valence-electron chi connectivity index (χ4n) is 4.87. The Bertz CT molecular complexity index is 1350. The zero-order valence-electron chi connectivity index (χ0n) is 18.5. The molecule has 1 fully saturated rings. The van der Waals surface area contributed by atoms with Crippen LogP contribution in [-0.4, -0.2) is 40.0 Å². The fourth-order valence-corrected chi connectivity index (χ4v) is 5.50. The summed E-state index contributed by atoms with van der Waals surface area (Å²) in [7, 11) is -1.99. The van der Waals surface area contributed by atoms with Gasteiger partial charge in [-0.25, -0.2) is 22.8 Å². The molecule has 0 radical (unpaired) electrons. The van der Waals surface area contributed by atoms with Crippen LogP contribution in [0.1, 0.15) is 31.2 Å². The third-order valence-electron chi connectivity index (χ3n) is 6.57. The van der Waals surface area contributed by atoms with E-state index in [-0.39, 0.29) is 16.6 Å². The molecule has 0 amide bonds. The van der Waals surface area contributed by atoms with Gasteiger partial charge < -0.3 is 4.74 Å². The van der Waals surface area contributed by atoms with Gasteiger partial charge in [-0.3, -0.25) is 4.99 Å². The molecule has 8 heteroatoms. The molecule has 2 aliphatic heterocycles. The van der Waals surface area contributed by atoms with Gasteiger partial charge in [0.05, 0.1) is 23.4 Å². The van der Waals surface area contributed by atoms with Crippen LogP contribution < -0.4 is 4.74 Å². The van der Waals surface area contributed by atoms with E-state index in [1.165, 1.54) is 51.0 Å². The van der Waals surface area contributed by atoms with Crippen molar-refractivity contribution in [3.63, 3.8) is 0 Å². The van der Waals surface area contributed by atoms with Gasteiger partial charge in [-0.05, 0) is 55.2 Å². The number of ether oxygens (including phenoxy) is 1. The van der Waals surface area contributed by atoms with Crippen molar-refractivity contribution in [2.45, 2.75) is 30.6 Å². The molecule has 1 atom stereocenters. The Balaban J connectivity index is 1.57. The summed E-state index contributed by atoms with van der Waals surface area (Å²) in [5.74, 6) is 0.535. The van der Waals surface area contributed by atoms with Crippen LogP contribution in [0.4, 0.5) is 4.39 Å². The van der Waals surface area contributed by atoms with Crippen LogP contribution in [0, 0.1) is 17.7 Å². The molecule has 5 rings (SSSR count). The van der Waals surface area contributed by atoms with E-state index in [1.54, 1.807) is 24.5 Å². The number of benzene rings is 2. The average molecular weight is 466 g/mol. The van der Waals surface area contributed by atoms with Crippen LogP contribution in [0.15, 0.2) is 62.0 Å². The molecule has 6 nitrogen and oxygen atoms in total. The van der Waals surface area contributed by atoms with E-state index >= 15 is 0 Å². The van der Waals surface area contributed by atoms with E-state index < -0.39 is 15.7 Å². The summed E-state index contributed by atoms with van der Waals surface area (Å²) in [5, 5.41) is 0. The first-order chi connectivity index (χ1) is 15.9. The Hall–Kier alpha value is -3.13. The van der Waals surface area contributed by atoms with E-state index in [9.17, 15) is 12.8 Å². The minimum absolute atomic E-state index is 0.112. The predicted octanol–water partition coefficient (Wildman–Crippen LogP) is 4.95. The van der Waals surface area contributed by atoms with Gasteiger partial charge in [-0.1, -0.05) is 12.8 Å². The molecule has 170 valence electrons. The zero-order chi connectivity index (χ0) is 23.2. The number of halogens is 1. The smallest absolute Gasteiger partial charge is 0.175 e. The van der Waals surface area contributed by atoms with Crippen LogP contribution in [0.25, 0.3) is 16.8 Å². The second-order valence-electron chi connectivity index (χ2n) is 8.63.